The second kappa shape index (κ2) is 56.4. The van der Waals surface area contributed by atoms with Gasteiger partial charge in [0.05, 0.1) is 18.8 Å². The molecule has 0 aliphatic heterocycles. The minimum Gasteiger partial charge on any atom is -0.394 e. The van der Waals surface area contributed by atoms with Gasteiger partial charge < -0.3 is 15.5 Å². The van der Waals surface area contributed by atoms with Gasteiger partial charge in [0.1, 0.15) is 0 Å². The lowest BCUT2D eigenvalue weighted by atomic mass is 10.0. The van der Waals surface area contributed by atoms with Gasteiger partial charge in [-0.2, -0.15) is 0 Å². The van der Waals surface area contributed by atoms with Gasteiger partial charge in [0, 0.05) is 6.42 Å². The number of carbonyl (C=O) groups excluding carboxylic acids is 1. The van der Waals surface area contributed by atoms with Crippen LogP contribution in [0.25, 0.3) is 0 Å². The van der Waals surface area contributed by atoms with Crippen LogP contribution < -0.4 is 5.32 Å². The molecule has 0 saturated carbocycles. The van der Waals surface area contributed by atoms with E-state index < -0.39 is 12.1 Å². The molecule has 0 radical (unpaired) electrons. The first kappa shape index (κ1) is 63.1. The van der Waals surface area contributed by atoms with Crippen molar-refractivity contribution in [2.45, 2.75) is 270 Å². The number of aliphatic hydroxyl groups excluding tert-OH is 2. The Hall–Kier alpha value is -2.95. The fourth-order valence-electron chi connectivity index (χ4n) is 7.98. The zero-order valence-electron chi connectivity index (χ0n) is 43.4. The van der Waals surface area contributed by atoms with Crippen LogP contribution in [-0.2, 0) is 4.79 Å². The van der Waals surface area contributed by atoms with Gasteiger partial charge in [-0.3, -0.25) is 4.79 Å². The van der Waals surface area contributed by atoms with Crippen molar-refractivity contribution in [2.24, 2.45) is 0 Å². The summed E-state index contributed by atoms with van der Waals surface area (Å²) >= 11 is 0. The number of rotatable bonds is 50. The highest BCUT2D eigenvalue weighted by molar-refractivity contribution is 5.76. The minimum atomic E-state index is -0.873. The molecule has 0 bridgehead atoms. The third-order valence-electron chi connectivity index (χ3n) is 12.2. The van der Waals surface area contributed by atoms with E-state index in [1.54, 1.807) is 6.08 Å². The number of unbranched alkanes of at least 4 members (excludes halogenated alkanes) is 27. The number of allylic oxidation sites excluding steroid dienone is 17. The smallest absolute Gasteiger partial charge is 0.220 e. The van der Waals surface area contributed by atoms with E-state index in [-0.39, 0.29) is 12.5 Å². The Morgan fingerprint density at radius 2 is 0.682 bits per heavy atom. The summed E-state index contributed by atoms with van der Waals surface area (Å²) in [5.74, 6) is -0.0790. The summed E-state index contributed by atoms with van der Waals surface area (Å²) in [7, 11) is 0. The summed E-state index contributed by atoms with van der Waals surface area (Å²) in [6, 6.07) is -0.649. The Bertz CT molecular complexity index is 1270. The molecule has 1 amide bonds. The summed E-state index contributed by atoms with van der Waals surface area (Å²) in [5.41, 5.74) is 0. The molecule has 0 rings (SSSR count). The maximum Gasteiger partial charge on any atom is 0.220 e. The zero-order valence-corrected chi connectivity index (χ0v) is 43.4. The maximum atomic E-state index is 12.4. The molecular formula is C62H107NO3. The van der Waals surface area contributed by atoms with Crippen molar-refractivity contribution >= 4 is 5.91 Å². The average molecular weight is 915 g/mol. The predicted octanol–water partition coefficient (Wildman–Crippen LogP) is 18.7. The van der Waals surface area contributed by atoms with E-state index in [2.05, 4.69) is 116 Å². The summed E-state index contributed by atoms with van der Waals surface area (Å²) < 4.78 is 0. The number of amides is 1. The lowest BCUT2D eigenvalue weighted by Crippen LogP contribution is -2.45. The minimum absolute atomic E-state index is 0.0790. The lowest BCUT2D eigenvalue weighted by molar-refractivity contribution is -0.123. The van der Waals surface area contributed by atoms with Crippen LogP contribution in [0, 0.1) is 0 Å². The standard InChI is InChI=1S/C62H107NO3/c1-3-5-7-9-11-13-15-17-19-20-21-22-23-24-25-26-27-28-29-30-31-32-33-34-35-36-37-38-39-40-41-42-44-46-48-50-52-54-56-58-62(66)63-60(59-64)61(65)57-55-53-51-49-47-45-43-18-16-14-12-10-8-6-4-2/h5,7,11,13,16-19,21-22,24-25,27-28,47,49,55,57,60-61,64-65H,3-4,6,8-10,12,14-15,20,23,26,29-46,48,50-54,56,58-59H2,1-2H3,(H,63,66)/b7-5-,13-11-,18-16+,19-17-,22-21-,25-24-,28-27-,49-47+,57-55+. The van der Waals surface area contributed by atoms with Crippen molar-refractivity contribution < 1.29 is 15.0 Å². The summed E-state index contributed by atoms with van der Waals surface area (Å²) in [4.78, 5) is 12.4. The molecule has 0 spiro atoms. The van der Waals surface area contributed by atoms with Crippen LogP contribution >= 0.6 is 0 Å². The van der Waals surface area contributed by atoms with E-state index in [0.29, 0.717) is 6.42 Å². The van der Waals surface area contributed by atoms with Gasteiger partial charge >= 0.3 is 0 Å². The van der Waals surface area contributed by atoms with Crippen LogP contribution in [0.15, 0.2) is 109 Å². The Labute approximate surface area is 410 Å². The van der Waals surface area contributed by atoms with Crippen LogP contribution in [0.4, 0.5) is 0 Å². The van der Waals surface area contributed by atoms with E-state index in [4.69, 9.17) is 0 Å². The average Bonchev–Trinajstić information content (AvgIpc) is 3.32. The molecule has 0 saturated heterocycles. The molecule has 2 atom stereocenters. The Kier molecular flexibility index (Phi) is 53.9. The molecule has 4 heteroatoms. The molecule has 0 aromatic carbocycles. The van der Waals surface area contributed by atoms with Crippen LogP contribution in [0.1, 0.15) is 258 Å². The Morgan fingerprint density at radius 1 is 0.379 bits per heavy atom. The van der Waals surface area contributed by atoms with E-state index in [9.17, 15) is 15.0 Å². The topological polar surface area (TPSA) is 69.6 Å². The Morgan fingerprint density at radius 3 is 1.06 bits per heavy atom. The number of hydrogen-bond donors (Lipinski definition) is 3. The molecule has 0 fully saturated rings. The van der Waals surface area contributed by atoms with Crippen molar-refractivity contribution in [3.8, 4) is 0 Å². The van der Waals surface area contributed by atoms with Crippen molar-refractivity contribution in [3.05, 3.63) is 109 Å². The number of nitrogens with one attached hydrogen (secondary N) is 1. The molecular weight excluding hydrogens is 807 g/mol. The lowest BCUT2D eigenvalue weighted by Gasteiger charge is -2.19. The predicted molar refractivity (Wildman–Crippen MR) is 294 cm³/mol. The number of hydrogen-bond acceptors (Lipinski definition) is 3. The van der Waals surface area contributed by atoms with Gasteiger partial charge in [0.15, 0.2) is 0 Å². The SMILES string of the molecule is CC/C=C\C/C=C\C/C=C\C/C=C\C/C=C\C/C=C\CCCCCCCCCCCCCCCCCCCCCCC(=O)NC(CO)C(O)/C=C/CC/C=C/CC/C=C/CCCCCCC. The van der Waals surface area contributed by atoms with E-state index in [1.165, 1.54) is 161 Å². The first-order valence-electron chi connectivity index (χ1n) is 28.1. The van der Waals surface area contributed by atoms with Gasteiger partial charge in [-0.1, -0.05) is 264 Å². The molecule has 0 aliphatic carbocycles. The maximum absolute atomic E-state index is 12.4. The normalized spacial score (nSPS) is 13.7. The molecule has 0 aliphatic rings. The highest BCUT2D eigenvalue weighted by atomic mass is 16.3. The molecule has 66 heavy (non-hydrogen) atoms. The quantitative estimate of drug-likeness (QED) is 0.0421. The number of carbonyl (C=O) groups is 1. The van der Waals surface area contributed by atoms with Crippen molar-refractivity contribution in [1.82, 2.24) is 5.32 Å². The van der Waals surface area contributed by atoms with Gasteiger partial charge in [-0.05, 0) is 96.3 Å². The van der Waals surface area contributed by atoms with Gasteiger partial charge in [0.2, 0.25) is 5.91 Å². The monoisotopic (exact) mass is 914 g/mol. The van der Waals surface area contributed by atoms with Crippen LogP contribution in [0.5, 0.6) is 0 Å². The molecule has 4 nitrogen and oxygen atoms in total. The fourth-order valence-corrected chi connectivity index (χ4v) is 7.98. The summed E-state index contributed by atoms with van der Waals surface area (Å²) in [5, 5.41) is 23.1. The van der Waals surface area contributed by atoms with Crippen LogP contribution in [0.3, 0.4) is 0 Å². The Balaban J connectivity index is 3.50. The molecule has 3 N–H and O–H groups in total. The molecule has 2 unspecified atom stereocenters. The highest BCUT2D eigenvalue weighted by Gasteiger charge is 2.17. The van der Waals surface area contributed by atoms with Gasteiger partial charge in [0.25, 0.3) is 0 Å². The van der Waals surface area contributed by atoms with E-state index in [1.807, 2.05) is 6.08 Å². The van der Waals surface area contributed by atoms with Crippen molar-refractivity contribution in [3.63, 3.8) is 0 Å². The second-order valence-corrected chi connectivity index (χ2v) is 18.6. The van der Waals surface area contributed by atoms with Crippen molar-refractivity contribution in [2.75, 3.05) is 6.61 Å². The third-order valence-corrected chi connectivity index (χ3v) is 12.2. The first-order valence-corrected chi connectivity index (χ1v) is 28.1. The third kappa shape index (κ3) is 52.0. The second-order valence-electron chi connectivity index (χ2n) is 18.6. The molecule has 0 heterocycles. The van der Waals surface area contributed by atoms with Gasteiger partial charge in [-0.15, -0.1) is 0 Å². The van der Waals surface area contributed by atoms with Gasteiger partial charge in [-0.25, -0.2) is 0 Å². The highest BCUT2D eigenvalue weighted by Crippen LogP contribution is 2.16. The largest absolute Gasteiger partial charge is 0.394 e. The summed E-state index contributed by atoms with van der Waals surface area (Å²) in [6.07, 6.45) is 85.4. The summed E-state index contributed by atoms with van der Waals surface area (Å²) in [6.45, 7) is 4.16. The van der Waals surface area contributed by atoms with Crippen molar-refractivity contribution in [1.29, 1.82) is 0 Å². The molecule has 0 aromatic rings. The molecule has 378 valence electrons. The number of aliphatic hydroxyl groups is 2. The van der Waals surface area contributed by atoms with E-state index in [0.717, 1.165) is 77.0 Å². The first-order chi connectivity index (χ1) is 32.7. The van der Waals surface area contributed by atoms with E-state index >= 15 is 0 Å². The molecule has 0 aromatic heterocycles. The van der Waals surface area contributed by atoms with Crippen LogP contribution in [-0.4, -0.2) is 34.9 Å². The zero-order chi connectivity index (χ0) is 47.7. The van der Waals surface area contributed by atoms with Crippen LogP contribution in [0.2, 0.25) is 0 Å². The fraction of sp³-hybridized carbons (Fsp3) is 0.694.